The van der Waals surface area contributed by atoms with Crippen LogP contribution in [0.25, 0.3) is 0 Å². The molecule has 0 fully saturated rings. The zero-order chi connectivity index (χ0) is 69.5. The first-order chi connectivity index (χ1) is 45.2. The van der Waals surface area contributed by atoms with Crippen molar-refractivity contribution in [1.82, 2.24) is 46.7 Å². The predicted octanol–water partition coefficient (Wildman–Crippen LogP) is 10.3. The minimum atomic E-state index is -0.443. The molecule has 0 aliphatic rings. The Morgan fingerprint density at radius 1 is 0.453 bits per heavy atom. The number of anilines is 7. The van der Waals surface area contributed by atoms with Gasteiger partial charge in [-0.25, -0.2) is 14.4 Å². The van der Waals surface area contributed by atoms with Crippen molar-refractivity contribution in [3.8, 4) is 0 Å². The van der Waals surface area contributed by atoms with Gasteiger partial charge in [-0.2, -0.15) is 0 Å². The van der Waals surface area contributed by atoms with Gasteiger partial charge in [0, 0.05) is 136 Å². The second kappa shape index (κ2) is 34.0. The minimum Gasteiger partial charge on any atom is -0.359 e. The number of aryl methyl sites for hydroxylation is 3. The van der Waals surface area contributed by atoms with Crippen molar-refractivity contribution in [2.75, 3.05) is 84.8 Å². The summed E-state index contributed by atoms with van der Waals surface area (Å²) in [4.78, 5) is 127. The third kappa shape index (κ3) is 20.6. The second-order valence-corrected chi connectivity index (χ2v) is 22.6. The highest BCUT2D eigenvalue weighted by atomic mass is 16.5. The molecular weight excluding hydrogens is 1210 g/mol. The van der Waals surface area contributed by atoms with Crippen LogP contribution in [-0.2, 0) is 12.0 Å². The van der Waals surface area contributed by atoms with E-state index in [1.807, 2.05) is 71.9 Å². The summed E-state index contributed by atoms with van der Waals surface area (Å²) in [7, 11) is 9.28. The molecule has 9 N–H and O–H groups in total. The highest BCUT2D eigenvalue weighted by Gasteiger charge is 2.23. The molecule has 0 radical (unpaired) electrons. The van der Waals surface area contributed by atoms with Crippen LogP contribution >= 0.6 is 0 Å². The Labute approximate surface area is 551 Å². The Balaban J connectivity index is 0.000000226. The zero-order valence-electron chi connectivity index (χ0n) is 55.4. The molecule has 0 spiro atoms. The van der Waals surface area contributed by atoms with Gasteiger partial charge in [-0.1, -0.05) is 87.8 Å². The normalized spacial score (nSPS) is 10.5. The van der Waals surface area contributed by atoms with Gasteiger partial charge >= 0.3 is 18.1 Å². The standard InChI is InChI=1S/C24H28N6O4.C24H25N5O3.C21H27N5O3/c1-14-7-8-15(21(31)28-20-13-19(34-29-20)24(2,3)4)11-17(14)27-23(33)30(6)16-9-10-26-18(12-16)22(32)25-5;1-16-9-10-18(22(30)27-15-17-7-5-4-6-8-17)13-20(16)28-24(32)29(3)19-11-12-26-21(14-19)23(31)25-2;1-5-6-10-24-19(27)15-8-7-14(2)17(12-15)25-21(29)26(4)16-9-11-23-18(13-16)20(28)22-3/h7-13H,1-6H3,(H,25,32)(H,27,33)(H,28,29,31);4-14H,15H2,1-3H3,(H,25,31)(H,27,30)(H,28,32);7-9,11-13H,5-6,10H2,1-4H3,(H,22,28)(H,24,27)(H,25,29). The maximum atomic E-state index is 12.9. The lowest BCUT2D eigenvalue weighted by Gasteiger charge is -2.19. The first-order valence-electron chi connectivity index (χ1n) is 30.1. The van der Waals surface area contributed by atoms with Crippen LogP contribution in [-0.4, -0.2) is 122 Å². The van der Waals surface area contributed by atoms with E-state index in [9.17, 15) is 43.2 Å². The maximum absolute atomic E-state index is 12.9. The smallest absolute Gasteiger partial charge is 0.326 e. The second-order valence-electron chi connectivity index (χ2n) is 22.6. The van der Waals surface area contributed by atoms with E-state index in [1.165, 1.54) is 72.6 Å². The number of amides is 12. The summed E-state index contributed by atoms with van der Waals surface area (Å²) in [6.45, 7) is 14.5. The number of aromatic nitrogens is 4. The Kier molecular flexibility index (Phi) is 25.9. The molecule has 496 valence electrons. The minimum absolute atomic E-state index is 0.174. The van der Waals surface area contributed by atoms with Gasteiger partial charge in [0.1, 0.15) is 22.8 Å². The molecule has 0 aliphatic carbocycles. The highest BCUT2D eigenvalue weighted by Crippen LogP contribution is 2.27. The third-order valence-electron chi connectivity index (χ3n) is 14.5. The highest BCUT2D eigenvalue weighted by molar-refractivity contribution is 6.08. The molecule has 0 aliphatic heterocycles. The third-order valence-corrected chi connectivity index (χ3v) is 14.5. The number of hydrogen-bond donors (Lipinski definition) is 9. The van der Waals surface area contributed by atoms with E-state index in [0.29, 0.717) is 75.5 Å². The van der Waals surface area contributed by atoms with Gasteiger partial charge in [0.05, 0.1) is 0 Å². The van der Waals surface area contributed by atoms with Crippen LogP contribution in [0.4, 0.5) is 54.3 Å². The first-order valence-corrected chi connectivity index (χ1v) is 30.1. The van der Waals surface area contributed by atoms with Crippen molar-refractivity contribution in [3.05, 3.63) is 208 Å². The lowest BCUT2D eigenvalue weighted by atomic mass is 9.93. The van der Waals surface area contributed by atoms with Crippen molar-refractivity contribution >= 4 is 93.5 Å². The van der Waals surface area contributed by atoms with Crippen molar-refractivity contribution in [2.24, 2.45) is 0 Å². The van der Waals surface area contributed by atoms with Gasteiger partial charge in [-0.05, 0) is 122 Å². The van der Waals surface area contributed by atoms with Gasteiger partial charge < -0.3 is 52.4 Å². The number of pyridine rings is 3. The van der Waals surface area contributed by atoms with E-state index in [2.05, 4.69) is 74.9 Å². The fourth-order valence-electron chi connectivity index (χ4n) is 8.52. The van der Waals surface area contributed by atoms with Crippen molar-refractivity contribution < 1.29 is 47.7 Å². The van der Waals surface area contributed by atoms with Gasteiger partial charge in [0.25, 0.3) is 35.4 Å². The predicted molar refractivity (Wildman–Crippen MR) is 367 cm³/mol. The van der Waals surface area contributed by atoms with Gasteiger partial charge in [0.2, 0.25) is 0 Å². The SMILES string of the molecule is CCCCNC(=O)c1ccc(C)c(NC(=O)N(C)c2ccnc(C(=O)NC)c2)c1.CNC(=O)c1cc(N(C)C(=O)Nc2cc(C(=O)NCc3ccccc3)ccc2C)ccn1.CNC(=O)c1cc(N(C)C(=O)Nc2cc(C(=O)Nc3cc(C(C)(C)C)on3)ccc2C)ccn1. The zero-order valence-corrected chi connectivity index (χ0v) is 55.4. The molecule has 26 heteroatoms. The van der Waals surface area contributed by atoms with E-state index in [0.717, 1.165) is 35.1 Å². The van der Waals surface area contributed by atoms with Crippen molar-refractivity contribution in [3.63, 3.8) is 0 Å². The van der Waals surface area contributed by atoms with Crippen LogP contribution in [0.1, 0.15) is 131 Å². The van der Waals surface area contributed by atoms with E-state index in [1.54, 1.807) is 100 Å². The fourth-order valence-corrected chi connectivity index (χ4v) is 8.52. The lowest BCUT2D eigenvalue weighted by molar-refractivity contribution is 0.0943. The molecule has 8 rings (SSSR count). The molecule has 0 unspecified atom stereocenters. The lowest BCUT2D eigenvalue weighted by Crippen LogP contribution is -2.32. The molecule has 0 bridgehead atoms. The molecule has 26 nitrogen and oxygen atoms in total. The summed E-state index contributed by atoms with van der Waals surface area (Å²) in [5, 5.41) is 28.3. The van der Waals surface area contributed by atoms with Crippen molar-refractivity contribution in [2.45, 2.75) is 73.3 Å². The van der Waals surface area contributed by atoms with E-state index >= 15 is 0 Å². The molecule has 8 aromatic rings. The average Bonchev–Trinajstić information content (AvgIpc) is 1.98. The van der Waals surface area contributed by atoms with Crippen LogP contribution in [0.2, 0.25) is 0 Å². The Morgan fingerprint density at radius 2 is 0.832 bits per heavy atom. The van der Waals surface area contributed by atoms with Crippen molar-refractivity contribution in [1.29, 1.82) is 0 Å². The number of urea groups is 3. The largest absolute Gasteiger partial charge is 0.359 e. The number of unbranched alkanes of at least 4 members (excludes halogenated alkanes) is 1. The average molecular weight is 1290 g/mol. The van der Waals surface area contributed by atoms with Gasteiger partial charge in [-0.15, -0.1) is 0 Å². The molecular formula is C69H80N16O10. The first kappa shape index (κ1) is 72.2. The Morgan fingerprint density at radius 3 is 1.19 bits per heavy atom. The molecule has 4 aromatic carbocycles. The summed E-state index contributed by atoms with van der Waals surface area (Å²) in [5.74, 6) is -0.865. The van der Waals surface area contributed by atoms with Crippen LogP contribution < -0.4 is 62.6 Å². The topological polar surface area (TPSA) is 336 Å². The molecule has 4 heterocycles. The Hall–Kier alpha value is -11.8. The number of hydrogen-bond acceptors (Lipinski definition) is 14. The molecule has 0 saturated heterocycles. The Bertz CT molecular complexity index is 4080. The summed E-state index contributed by atoms with van der Waals surface area (Å²) in [5.41, 5.74) is 8.10. The molecule has 0 saturated carbocycles. The number of benzene rings is 4. The fraction of sp³-hybridized carbons (Fsp3) is 0.261. The number of carbonyl (C=O) groups is 9. The van der Waals surface area contributed by atoms with E-state index in [4.69, 9.17) is 4.52 Å². The molecule has 95 heavy (non-hydrogen) atoms. The van der Waals surface area contributed by atoms with Crippen LogP contribution in [0.15, 0.2) is 151 Å². The quantitative estimate of drug-likeness (QED) is 0.0361. The summed E-state index contributed by atoms with van der Waals surface area (Å²) in [6.07, 6.45) is 6.30. The summed E-state index contributed by atoms with van der Waals surface area (Å²) >= 11 is 0. The van der Waals surface area contributed by atoms with Crippen LogP contribution in [0.5, 0.6) is 0 Å². The molecule has 4 aromatic heterocycles. The number of carbonyl (C=O) groups excluding carboxylic acids is 9. The van der Waals surface area contributed by atoms with Crippen LogP contribution in [0, 0.1) is 20.8 Å². The number of rotatable bonds is 18. The van der Waals surface area contributed by atoms with E-state index in [-0.39, 0.29) is 57.9 Å². The number of nitrogens with one attached hydrogen (secondary N) is 9. The monoisotopic (exact) mass is 1290 g/mol. The van der Waals surface area contributed by atoms with Crippen LogP contribution in [0.3, 0.4) is 0 Å². The van der Waals surface area contributed by atoms with Gasteiger partial charge in [-0.3, -0.25) is 58.4 Å². The number of nitrogens with zero attached hydrogens (tertiary/aromatic N) is 7. The summed E-state index contributed by atoms with van der Waals surface area (Å²) < 4.78 is 5.30. The van der Waals surface area contributed by atoms with E-state index < -0.39 is 18.1 Å². The molecule has 12 amide bonds. The van der Waals surface area contributed by atoms with Gasteiger partial charge in [0.15, 0.2) is 5.82 Å². The molecule has 0 atom stereocenters. The maximum Gasteiger partial charge on any atom is 0.326 e. The summed E-state index contributed by atoms with van der Waals surface area (Å²) in [6, 6.07) is 34.8.